The number of nitrogens with zero attached hydrogens (tertiary/aromatic N) is 5. The maximum atomic E-state index is 14.6. The van der Waals surface area contributed by atoms with Gasteiger partial charge in [0.05, 0.1) is 32.8 Å². The molecule has 0 radical (unpaired) electrons. The fourth-order valence-electron chi connectivity index (χ4n) is 4.52. The van der Waals surface area contributed by atoms with Gasteiger partial charge in [0, 0.05) is 36.8 Å². The average molecular weight is 864 g/mol. The van der Waals surface area contributed by atoms with Crippen molar-refractivity contribution < 1.29 is 32.6 Å². The van der Waals surface area contributed by atoms with Crippen LogP contribution in [-0.2, 0) is 16.0 Å². The minimum absolute atomic E-state index is 0.278. The van der Waals surface area contributed by atoms with Gasteiger partial charge in [-0.3, -0.25) is 0 Å². The molecule has 1 N–H and O–H groups in total. The van der Waals surface area contributed by atoms with Crippen molar-refractivity contribution in [3.63, 3.8) is 0 Å². The first kappa shape index (κ1) is 42.6. The third kappa shape index (κ3) is 11.7. The van der Waals surface area contributed by atoms with Gasteiger partial charge in [-0.25, -0.2) is 29.5 Å². The van der Waals surface area contributed by atoms with Crippen LogP contribution in [0, 0.1) is 17.3 Å². The van der Waals surface area contributed by atoms with Crippen LogP contribution in [0.5, 0.6) is 5.75 Å². The SMILES string of the molecule is CN(Cc1nc(-c2cccnc2F)c(Br)s1)C(=O)OC(C)(C)C.CNC(=O)OC(c1nc(-c2cccnc2F)c(Sc2cccc(OC)c2)s1)C(C)(C)C. The van der Waals surface area contributed by atoms with Crippen LogP contribution >= 0.6 is 50.4 Å². The molecule has 54 heavy (non-hydrogen) atoms. The van der Waals surface area contributed by atoms with E-state index in [9.17, 15) is 18.4 Å². The molecule has 0 aliphatic rings. The summed E-state index contributed by atoms with van der Waals surface area (Å²) in [5, 5.41) is 3.73. The number of carbonyl (C=O) groups excluding carboxylic acids is 2. The second-order valence-electron chi connectivity index (χ2n) is 13.6. The molecule has 4 aromatic heterocycles. The lowest BCUT2D eigenvalue weighted by Gasteiger charge is -2.28. The molecule has 0 aliphatic carbocycles. The molecule has 17 heteroatoms. The van der Waals surface area contributed by atoms with Crippen LogP contribution < -0.4 is 10.1 Å². The van der Waals surface area contributed by atoms with E-state index in [1.165, 1.54) is 58.8 Å². The summed E-state index contributed by atoms with van der Waals surface area (Å²) in [7, 11) is 4.74. The van der Waals surface area contributed by atoms with E-state index in [2.05, 4.69) is 36.2 Å². The lowest BCUT2D eigenvalue weighted by atomic mass is 9.89. The van der Waals surface area contributed by atoms with E-state index >= 15 is 0 Å². The Balaban J connectivity index is 0.000000252. The summed E-state index contributed by atoms with van der Waals surface area (Å²) in [5.41, 5.74) is 0.581. The van der Waals surface area contributed by atoms with Gasteiger partial charge >= 0.3 is 12.2 Å². The molecule has 0 spiro atoms. The summed E-state index contributed by atoms with van der Waals surface area (Å²) in [6, 6.07) is 14.2. The van der Waals surface area contributed by atoms with Gasteiger partial charge in [0.2, 0.25) is 11.9 Å². The number of ether oxygens (including phenoxy) is 3. The first-order chi connectivity index (χ1) is 25.4. The molecular weight excluding hydrogens is 823 g/mol. The van der Waals surface area contributed by atoms with E-state index in [0.29, 0.717) is 36.3 Å². The Bertz CT molecular complexity index is 2070. The molecule has 11 nitrogen and oxygen atoms in total. The van der Waals surface area contributed by atoms with Crippen LogP contribution in [0.15, 0.2) is 73.8 Å². The summed E-state index contributed by atoms with van der Waals surface area (Å²) in [6.45, 7) is 11.6. The van der Waals surface area contributed by atoms with Gasteiger partial charge in [-0.1, -0.05) is 38.6 Å². The van der Waals surface area contributed by atoms with Crippen molar-refractivity contribution in [2.75, 3.05) is 21.2 Å². The van der Waals surface area contributed by atoms with Gasteiger partial charge in [-0.05, 0) is 79.2 Å². The van der Waals surface area contributed by atoms with E-state index in [1.807, 2.05) is 65.8 Å². The number of nitrogens with one attached hydrogen (secondary N) is 1. The number of aromatic nitrogens is 4. The maximum absolute atomic E-state index is 14.6. The van der Waals surface area contributed by atoms with Gasteiger partial charge in [0.15, 0.2) is 6.10 Å². The predicted molar refractivity (Wildman–Crippen MR) is 211 cm³/mol. The van der Waals surface area contributed by atoms with Crippen molar-refractivity contribution in [2.45, 2.75) is 68.9 Å². The Morgan fingerprint density at radius 3 is 2.13 bits per heavy atom. The van der Waals surface area contributed by atoms with Crippen molar-refractivity contribution in [1.29, 1.82) is 0 Å². The zero-order valence-electron chi connectivity index (χ0n) is 31.2. The van der Waals surface area contributed by atoms with Crippen molar-refractivity contribution in [3.05, 3.63) is 86.6 Å². The van der Waals surface area contributed by atoms with Crippen LogP contribution in [0.4, 0.5) is 18.4 Å². The highest BCUT2D eigenvalue weighted by Crippen LogP contribution is 2.46. The van der Waals surface area contributed by atoms with Crippen LogP contribution in [0.3, 0.4) is 0 Å². The van der Waals surface area contributed by atoms with Crippen molar-refractivity contribution in [1.82, 2.24) is 30.2 Å². The summed E-state index contributed by atoms with van der Waals surface area (Å²) in [5.74, 6) is -0.462. The molecule has 0 aliphatic heterocycles. The smallest absolute Gasteiger partial charge is 0.410 e. The quantitative estimate of drug-likeness (QED) is 0.143. The Labute approximate surface area is 334 Å². The molecule has 5 aromatic rings. The number of thiazole rings is 2. The molecule has 1 aromatic carbocycles. The lowest BCUT2D eigenvalue weighted by Crippen LogP contribution is -2.33. The zero-order valence-corrected chi connectivity index (χ0v) is 35.2. The Kier molecular flexibility index (Phi) is 14.5. The lowest BCUT2D eigenvalue weighted by molar-refractivity contribution is 0.0284. The maximum Gasteiger partial charge on any atom is 0.410 e. The van der Waals surface area contributed by atoms with Gasteiger partial charge in [0.25, 0.3) is 0 Å². The number of pyridine rings is 2. The third-order valence-corrected chi connectivity index (χ3v) is 11.0. The minimum Gasteiger partial charge on any atom is -0.497 e. The molecule has 0 fully saturated rings. The van der Waals surface area contributed by atoms with Gasteiger partial charge in [-0.2, -0.15) is 8.78 Å². The van der Waals surface area contributed by atoms with E-state index in [1.54, 1.807) is 38.4 Å². The molecule has 0 saturated heterocycles. The highest BCUT2D eigenvalue weighted by molar-refractivity contribution is 9.11. The topological polar surface area (TPSA) is 129 Å². The van der Waals surface area contributed by atoms with Crippen LogP contribution in [0.1, 0.15) is 57.7 Å². The molecule has 0 saturated carbocycles. The van der Waals surface area contributed by atoms with Crippen LogP contribution in [-0.4, -0.2) is 63.8 Å². The van der Waals surface area contributed by atoms with Gasteiger partial charge in [-0.15, -0.1) is 22.7 Å². The highest BCUT2D eigenvalue weighted by atomic mass is 79.9. The fraction of sp³-hybridized carbons (Fsp3) is 0.351. The Morgan fingerprint density at radius 2 is 1.57 bits per heavy atom. The van der Waals surface area contributed by atoms with Crippen molar-refractivity contribution >= 4 is 62.6 Å². The summed E-state index contributed by atoms with van der Waals surface area (Å²) < 4.78 is 46.0. The molecule has 1 unspecified atom stereocenters. The van der Waals surface area contributed by atoms with E-state index in [4.69, 9.17) is 19.2 Å². The second kappa shape index (κ2) is 18.4. The second-order valence-corrected chi connectivity index (χ2v) is 18.4. The largest absolute Gasteiger partial charge is 0.497 e. The Hall–Kier alpha value is -4.19. The zero-order chi connectivity index (χ0) is 39.8. The van der Waals surface area contributed by atoms with Gasteiger partial charge < -0.3 is 24.4 Å². The number of amides is 2. The van der Waals surface area contributed by atoms with E-state index in [-0.39, 0.29) is 6.54 Å². The molecule has 0 bridgehead atoms. The van der Waals surface area contributed by atoms with E-state index < -0.39 is 41.2 Å². The number of benzene rings is 1. The standard InChI is InChI=1S/C22H24FN3O3S2.C15H17BrFN3O2S/c1-22(2,3)17(29-21(27)24-4)19-26-16(15-10-7-11-25-18(15)23)20(31-19)30-14-9-6-8-13(12-14)28-5;1-15(2,3)22-14(21)20(4)8-10-19-11(12(16)23-10)9-6-5-7-18-13(9)17/h6-12,17H,1-5H3,(H,24,27);5-7H,8H2,1-4H3. The highest BCUT2D eigenvalue weighted by Gasteiger charge is 2.34. The molecule has 4 heterocycles. The molecule has 1 atom stereocenters. The summed E-state index contributed by atoms with van der Waals surface area (Å²) in [4.78, 5) is 42.8. The Morgan fingerprint density at radius 1 is 0.944 bits per heavy atom. The number of hydrogen-bond donors (Lipinski definition) is 1. The molecule has 5 rings (SSSR count). The van der Waals surface area contributed by atoms with Crippen molar-refractivity contribution in [3.8, 4) is 28.3 Å². The summed E-state index contributed by atoms with van der Waals surface area (Å²) >= 11 is 7.55. The first-order valence-electron chi connectivity index (χ1n) is 16.4. The molecule has 288 valence electrons. The number of hydrogen-bond acceptors (Lipinski definition) is 12. The third-order valence-electron chi connectivity index (χ3n) is 7.04. The van der Waals surface area contributed by atoms with Crippen LogP contribution in [0.25, 0.3) is 22.5 Å². The van der Waals surface area contributed by atoms with Crippen molar-refractivity contribution in [2.24, 2.45) is 5.41 Å². The van der Waals surface area contributed by atoms with E-state index in [0.717, 1.165) is 14.9 Å². The number of halogens is 3. The number of carbonyl (C=O) groups is 2. The first-order valence-corrected chi connectivity index (χ1v) is 19.7. The molecular formula is C37H41BrF2N6O5S3. The average Bonchev–Trinajstić information content (AvgIpc) is 3.68. The number of rotatable bonds is 9. The molecule has 2 amide bonds. The fourth-order valence-corrected chi connectivity index (χ4v) is 8.82. The summed E-state index contributed by atoms with van der Waals surface area (Å²) in [6.07, 6.45) is 1.18. The predicted octanol–water partition coefficient (Wildman–Crippen LogP) is 10.4. The minimum atomic E-state index is -0.615. The number of alkyl carbamates (subject to hydrolysis) is 1. The monoisotopic (exact) mass is 862 g/mol. The normalized spacial score (nSPS) is 11.9. The van der Waals surface area contributed by atoms with Gasteiger partial charge in [0.1, 0.15) is 32.8 Å². The number of methoxy groups -OCH3 is 1. The van der Waals surface area contributed by atoms with Crippen LogP contribution in [0.2, 0.25) is 0 Å².